The van der Waals surface area contributed by atoms with Gasteiger partial charge < -0.3 is 4.74 Å². The van der Waals surface area contributed by atoms with Crippen molar-refractivity contribution in [3.8, 4) is 11.3 Å². The van der Waals surface area contributed by atoms with E-state index in [1.807, 2.05) is 12.1 Å². The van der Waals surface area contributed by atoms with Crippen molar-refractivity contribution in [3.05, 3.63) is 105 Å². The van der Waals surface area contributed by atoms with E-state index in [-0.39, 0.29) is 5.90 Å². The monoisotopic (exact) mass is 470 g/mol. The zero-order valence-corrected chi connectivity index (χ0v) is 18.0. The van der Waals surface area contributed by atoms with Crippen LogP contribution in [-0.2, 0) is 4.74 Å². The first kappa shape index (κ1) is 21.1. The van der Waals surface area contributed by atoms with E-state index in [2.05, 4.69) is 15.4 Å². The van der Waals surface area contributed by atoms with Crippen molar-refractivity contribution in [3.63, 3.8) is 0 Å². The first-order chi connectivity index (χ1) is 15.0. The molecular weight excluding hydrogens is 459 g/mol. The standard InChI is InChI=1S/C22H13Cl3N4O2/c23-17-7-1-14(2-8-17)20-13-29(28-26-20)27-21(15-3-9-18(24)10-4-15)31-22(30)16-5-11-19(25)12-6-16/h1-13H/b27-21+. The first-order valence-corrected chi connectivity index (χ1v) is 10.1. The second-order valence-corrected chi connectivity index (χ2v) is 7.65. The lowest BCUT2D eigenvalue weighted by atomic mass is 10.2. The van der Waals surface area contributed by atoms with Crippen molar-refractivity contribution < 1.29 is 9.53 Å². The lowest BCUT2D eigenvalue weighted by molar-refractivity contribution is 0.0716. The average molecular weight is 472 g/mol. The van der Waals surface area contributed by atoms with Gasteiger partial charge in [-0.2, -0.15) is 0 Å². The molecule has 0 unspecified atom stereocenters. The Morgan fingerprint density at radius 3 is 1.87 bits per heavy atom. The van der Waals surface area contributed by atoms with Crippen LogP contribution in [0.25, 0.3) is 11.3 Å². The lowest BCUT2D eigenvalue weighted by Gasteiger charge is -2.08. The summed E-state index contributed by atoms with van der Waals surface area (Å²) in [6, 6.07) is 20.2. The number of benzene rings is 3. The summed E-state index contributed by atoms with van der Waals surface area (Å²) in [5, 5.41) is 14.1. The SMILES string of the molecule is O=C(O/C(=N/n1cc(-c2ccc(Cl)cc2)nn1)c1ccc(Cl)cc1)c1ccc(Cl)cc1. The van der Waals surface area contributed by atoms with E-state index < -0.39 is 5.97 Å². The molecule has 0 aliphatic carbocycles. The van der Waals surface area contributed by atoms with Crippen LogP contribution < -0.4 is 0 Å². The molecule has 0 aliphatic rings. The molecule has 4 aromatic rings. The minimum atomic E-state index is -0.594. The van der Waals surface area contributed by atoms with Crippen LogP contribution in [0, 0.1) is 0 Å². The number of hydrogen-bond acceptors (Lipinski definition) is 5. The molecule has 31 heavy (non-hydrogen) atoms. The first-order valence-electron chi connectivity index (χ1n) is 8.99. The number of nitrogens with zero attached hydrogens (tertiary/aromatic N) is 4. The van der Waals surface area contributed by atoms with Crippen molar-refractivity contribution in [1.82, 2.24) is 15.1 Å². The Hall–Kier alpha value is -3.19. The summed E-state index contributed by atoms with van der Waals surface area (Å²) < 4.78 is 5.56. The summed E-state index contributed by atoms with van der Waals surface area (Å²) >= 11 is 17.8. The molecule has 0 amide bonds. The van der Waals surface area contributed by atoms with Gasteiger partial charge in [-0.15, -0.1) is 15.0 Å². The Balaban J connectivity index is 1.66. The van der Waals surface area contributed by atoms with Gasteiger partial charge in [-0.3, -0.25) is 0 Å². The van der Waals surface area contributed by atoms with Gasteiger partial charge in [-0.05, 0) is 65.9 Å². The molecule has 0 fully saturated rings. The summed E-state index contributed by atoms with van der Waals surface area (Å²) in [6.45, 7) is 0. The molecule has 0 N–H and O–H groups in total. The van der Waals surface area contributed by atoms with Gasteiger partial charge in [0.05, 0.1) is 11.8 Å². The van der Waals surface area contributed by atoms with Gasteiger partial charge >= 0.3 is 5.97 Å². The van der Waals surface area contributed by atoms with E-state index in [0.717, 1.165) is 5.56 Å². The second kappa shape index (κ2) is 9.31. The molecule has 0 saturated carbocycles. The van der Waals surface area contributed by atoms with Crippen LogP contribution in [0.4, 0.5) is 0 Å². The number of ether oxygens (including phenoxy) is 1. The number of esters is 1. The van der Waals surface area contributed by atoms with E-state index in [4.69, 9.17) is 39.5 Å². The summed E-state index contributed by atoms with van der Waals surface area (Å²) in [5.41, 5.74) is 2.26. The Labute approximate surface area is 192 Å². The van der Waals surface area contributed by atoms with Gasteiger partial charge in [0.25, 0.3) is 0 Å². The minimum absolute atomic E-state index is 0.0316. The van der Waals surface area contributed by atoms with Crippen LogP contribution in [0.15, 0.2) is 84.1 Å². The zero-order valence-electron chi connectivity index (χ0n) is 15.7. The third kappa shape index (κ3) is 5.30. The van der Waals surface area contributed by atoms with Crippen molar-refractivity contribution in [1.29, 1.82) is 0 Å². The number of halogens is 3. The maximum atomic E-state index is 12.6. The topological polar surface area (TPSA) is 69.4 Å². The average Bonchev–Trinajstić information content (AvgIpc) is 3.23. The Morgan fingerprint density at radius 2 is 1.29 bits per heavy atom. The van der Waals surface area contributed by atoms with Crippen LogP contribution in [0.1, 0.15) is 15.9 Å². The van der Waals surface area contributed by atoms with Gasteiger partial charge in [0.15, 0.2) is 0 Å². The largest absolute Gasteiger partial charge is 0.402 e. The Kier molecular flexibility index (Phi) is 6.32. The highest BCUT2D eigenvalue weighted by molar-refractivity contribution is 6.31. The van der Waals surface area contributed by atoms with E-state index in [1.165, 1.54) is 4.79 Å². The third-order valence-corrected chi connectivity index (χ3v) is 4.93. The molecule has 6 nitrogen and oxygen atoms in total. The van der Waals surface area contributed by atoms with E-state index >= 15 is 0 Å². The van der Waals surface area contributed by atoms with Gasteiger partial charge in [0, 0.05) is 26.2 Å². The number of carbonyl (C=O) groups is 1. The third-order valence-electron chi connectivity index (χ3n) is 4.18. The Bertz CT molecular complexity index is 1240. The molecule has 9 heteroatoms. The van der Waals surface area contributed by atoms with Crippen LogP contribution in [0.3, 0.4) is 0 Å². The number of aromatic nitrogens is 3. The molecule has 0 radical (unpaired) electrons. The number of carbonyl (C=O) groups excluding carboxylic acids is 1. The van der Waals surface area contributed by atoms with Crippen molar-refractivity contribution >= 4 is 46.7 Å². The molecule has 1 aromatic heterocycles. The molecular formula is C22H13Cl3N4O2. The summed E-state index contributed by atoms with van der Waals surface area (Å²) in [4.78, 5) is 13.9. The molecule has 0 bridgehead atoms. The number of rotatable bonds is 4. The normalized spacial score (nSPS) is 11.4. The van der Waals surface area contributed by atoms with Crippen LogP contribution >= 0.6 is 34.8 Å². The summed E-state index contributed by atoms with van der Waals surface area (Å²) in [7, 11) is 0. The predicted molar refractivity (Wildman–Crippen MR) is 121 cm³/mol. The molecule has 3 aromatic carbocycles. The fourth-order valence-electron chi connectivity index (χ4n) is 2.61. The lowest BCUT2D eigenvalue weighted by Crippen LogP contribution is -2.15. The Morgan fingerprint density at radius 1 is 0.774 bits per heavy atom. The molecule has 0 aliphatic heterocycles. The highest BCUT2D eigenvalue weighted by atomic mass is 35.5. The van der Waals surface area contributed by atoms with Gasteiger partial charge in [0.2, 0.25) is 5.90 Å². The molecule has 0 atom stereocenters. The maximum absolute atomic E-state index is 12.6. The van der Waals surface area contributed by atoms with Crippen LogP contribution in [0.5, 0.6) is 0 Å². The molecule has 1 heterocycles. The van der Waals surface area contributed by atoms with Crippen LogP contribution in [-0.4, -0.2) is 27.0 Å². The zero-order chi connectivity index (χ0) is 21.8. The molecule has 0 saturated heterocycles. The maximum Gasteiger partial charge on any atom is 0.344 e. The molecule has 4 rings (SSSR count). The van der Waals surface area contributed by atoms with Gasteiger partial charge in [-0.25, -0.2) is 4.79 Å². The fourth-order valence-corrected chi connectivity index (χ4v) is 2.99. The van der Waals surface area contributed by atoms with Crippen molar-refractivity contribution in [2.75, 3.05) is 0 Å². The molecule has 154 valence electrons. The highest BCUT2D eigenvalue weighted by Gasteiger charge is 2.15. The van der Waals surface area contributed by atoms with Crippen molar-refractivity contribution in [2.45, 2.75) is 0 Å². The van der Waals surface area contributed by atoms with Crippen LogP contribution in [0.2, 0.25) is 15.1 Å². The smallest absolute Gasteiger partial charge is 0.344 e. The van der Waals surface area contributed by atoms with E-state index in [1.54, 1.807) is 66.9 Å². The minimum Gasteiger partial charge on any atom is -0.402 e. The van der Waals surface area contributed by atoms with Gasteiger partial charge in [0.1, 0.15) is 5.69 Å². The quantitative estimate of drug-likeness (QED) is 0.209. The predicted octanol–water partition coefficient (Wildman–Crippen LogP) is 5.97. The van der Waals surface area contributed by atoms with E-state index in [9.17, 15) is 4.79 Å². The van der Waals surface area contributed by atoms with Gasteiger partial charge in [-0.1, -0.05) is 46.9 Å². The molecule has 0 spiro atoms. The second-order valence-electron chi connectivity index (χ2n) is 6.34. The van der Waals surface area contributed by atoms with Crippen molar-refractivity contribution in [2.24, 2.45) is 5.10 Å². The fraction of sp³-hybridized carbons (Fsp3) is 0. The van der Waals surface area contributed by atoms with E-state index in [0.29, 0.717) is 31.9 Å². The number of hydrogen-bond donors (Lipinski definition) is 0. The summed E-state index contributed by atoms with van der Waals surface area (Å²) in [6.07, 6.45) is 1.61. The highest BCUT2D eigenvalue weighted by Crippen LogP contribution is 2.19. The summed E-state index contributed by atoms with van der Waals surface area (Å²) in [5.74, 6) is -0.562.